The van der Waals surface area contributed by atoms with Crippen molar-refractivity contribution in [2.45, 2.75) is 33.6 Å². The van der Waals surface area contributed by atoms with Crippen LogP contribution in [0.5, 0.6) is 5.75 Å². The number of phenols is 1. The molecule has 120 valence electrons. The van der Waals surface area contributed by atoms with Crippen LogP contribution >= 0.6 is 11.6 Å². The monoisotopic (exact) mass is 328 g/mol. The Kier molecular flexibility index (Phi) is 5.94. The van der Waals surface area contributed by atoms with Gasteiger partial charge in [0.1, 0.15) is 10.9 Å². The highest BCUT2D eigenvalue weighted by atomic mass is 35.5. The highest BCUT2D eigenvalue weighted by Gasteiger charge is 2.17. The molecule has 1 aliphatic heterocycles. The van der Waals surface area contributed by atoms with Gasteiger partial charge in [-0.25, -0.2) is 9.98 Å². The molecular weight excluding hydrogens is 308 g/mol. The minimum Gasteiger partial charge on any atom is -0.507 e. The van der Waals surface area contributed by atoms with Crippen molar-refractivity contribution in [2.24, 2.45) is 9.98 Å². The molecule has 3 nitrogen and oxygen atoms in total. The summed E-state index contributed by atoms with van der Waals surface area (Å²) >= 11 is 6.23. The standard InChI is InChI=1S/C17H15ClN2O.C2H6/c1-11-5-4-6-12-10-16(18)20-17(19-14(12)9-11)13-7-2-3-8-15(13)21;1-2/h2-3,5-9,21H,4,10H2,1H3;1-2H3. The average Bonchev–Trinajstić information content (AvgIpc) is 2.79. The van der Waals surface area contributed by atoms with Crippen LogP contribution in [0, 0.1) is 0 Å². The first kappa shape index (κ1) is 17.2. The van der Waals surface area contributed by atoms with E-state index < -0.39 is 0 Å². The van der Waals surface area contributed by atoms with Crippen molar-refractivity contribution in [3.05, 3.63) is 64.9 Å². The number of hydrogen-bond donors (Lipinski definition) is 1. The summed E-state index contributed by atoms with van der Waals surface area (Å²) < 4.78 is 0. The van der Waals surface area contributed by atoms with Crippen LogP contribution < -0.4 is 0 Å². The van der Waals surface area contributed by atoms with Crippen molar-refractivity contribution < 1.29 is 5.11 Å². The number of rotatable bonds is 1. The van der Waals surface area contributed by atoms with Crippen LogP contribution in [0.2, 0.25) is 0 Å². The Morgan fingerprint density at radius 2 is 1.83 bits per heavy atom. The number of amidine groups is 1. The van der Waals surface area contributed by atoms with E-state index in [9.17, 15) is 5.11 Å². The number of aliphatic imine (C=N–C) groups is 2. The van der Waals surface area contributed by atoms with Crippen molar-refractivity contribution in [1.29, 1.82) is 0 Å². The number of fused-ring (bicyclic) bond motifs is 1. The minimum atomic E-state index is 0.151. The van der Waals surface area contributed by atoms with Crippen LogP contribution in [0.1, 0.15) is 39.2 Å². The molecule has 0 atom stereocenters. The van der Waals surface area contributed by atoms with Crippen molar-refractivity contribution >= 4 is 22.6 Å². The van der Waals surface area contributed by atoms with Gasteiger partial charge in [-0.2, -0.15) is 0 Å². The molecule has 3 rings (SSSR count). The zero-order chi connectivity index (χ0) is 16.8. The molecule has 1 aromatic rings. The van der Waals surface area contributed by atoms with Crippen LogP contribution in [0.25, 0.3) is 0 Å². The SMILES string of the molecule is CC.CC1=CCC=C2CC(Cl)=NC(c3ccccc3O)=NC2=C1. The Labute approximate surface area is 142 Å². The van der Waals surface area contributed by atoms with Gasteiger partial charge in [-0.15, -0.1) is 0 Å². The summed E-state index contributed by atoms with van der Waals surface area (Å²) in [6.07, 6.45) is 7.73. The first-order valence-corrected chi connectivity index (χ1v) is 8.19. The Morgan fingerprint density at radius 1 is 1.09 bits per heavy atom. The molecule has 1 aliphatic carbocycles. The van der Waals surface area contributed by atoms with E-state index in [2.05, 4.69) is 22.1 Å². The predicted octanol–water partition coefficient (Wildman–Crippen LogP) is 5.37. The van der Waals surface area contributed by atoms with E-state index in [4.69, 9.17) is 11.6 Å². The highest BCUT2D eigenvalue weighted by molar-refractivity contribution is 6.66. The van der Waals surface area contributed by atoms with E-state index in [1.807, 2.05) is 32.9 Å². The van der Waals surface area contributed by atoms with Gasteiger partial charge in [-0.1, -0.05) is 55.3 Å². The van der Waals surface area contributed by atoms with Gasteiger partial charge in [0.25, 0.3) is 0 Å². The Bertz CT molecular complexity index is 739. The fourth-order valence-corrected chi connectivity index (χ4v) is 2.58. The third-order valence-corrected chi connectivity index (χ3v) is 3.65. The van der Waals surface area contributed by atoms with Crippen LogP contribution in [-0.4, -0.2) is 16.1 Å². The second kappa shape index (κ2) is 7.93. The topological polar surface area (TPSA) is 45.0 Å². The zero-order valence-electron chi connectivity index (χ0n) is 13.7. The van der Waals surface area contributed by atoms with Crippen LogP contribution in [-0.2, 0) is 0 Å². The third-order valence-electron chi connectivity index (χ3n) is 3.43. The molecule has 0 fully saturated rings. The largest absolute Gasteiger partial charge is 0.507 e. The number of para-hydroxylation sites is 1. The smallest absolute Gasteiger partial charge is 0.164 e. The van der Waals surface area contributed by atoms with Crippen molar-refractivity contribution in [3.63, 3.8) is 0 Å². The lowest BCUT2D eigenvalue weighted by molar-refractivity contribution is 0.474. The fraction of sp³-hybridized carbons (Fsp3) is 0.263. The number of nitrogens with zero attached hydrogens (tertiary/aromatic N) is 2. The van der Waals surface area contributed by atoms with Crippen molar-refractivity contribution in [2.75, 3.05) is 0 Å². The summed E-state index contributed by atoms with van der Waals surface area (Å²) in [5.41, 5.74) is 3.68. The highest BCUT2D eigenvalue weighted by Crippen LogP contribution is 2.28. The van der Waals surface area contributed by atoms with Crippen molar-refractivity contribution in [3.8, 4) is 5.75 Å². The molecule has 23 heavy (non-hydrogen) atoms. The normalized spacial score (nSPS) is 17.0. The average molecular weight is 329 g/mol. The number of aromatic hydroxyl groups is 1. The number of halogens is 1. The van der Waals surface area contributed by atoms with Gasteiger partial charge in [0, 0.05) is 6.42 Å². The van der Waals surface area contributed by atoms with Gasteiger partial charge in [-0.05, 0) is 37.1 Å². The van der Waals surface area contributed by atoms with E-state index in [-0.39, 0.29) is 5.75 Å². The van der Waals surface area contributed by atoms with Gasteiger partial charge in [0.15, 0.2) is 5.84 Å². The Hall–Kier alpha value is -2.13. The van der Waals surface area contributed by atoms with E-state index in [1.54, 1.807) is 18.2 Å². The molecular formula is C19H21ClN2O. The third kappa shape index (κ3) is 4.20. The van der Waals surface area contributed by atoms with Crippen LogP contribution in [0.3, 0.4) is 0 Å². The van der Waals surface area contributed by atoms with Crippen molar-refractivity contribution in [1.82, 2.24) is 0 Å². The number of phenolic OH excluding ortho intramolecular Hbond substituents is 1. The second-order valence-corrected chi connectivity index (χ2v) is 5.50. The summed E-state index contributed by atoms with van der Waals surface area (Å²) in [4.78, 5) is 8.98. The lowest BCUT2D eigenvalue weighted by atomic mass is 10.1. The van der Waals surface area contributed by atoms with E-state index in [1.165, 1.54) is 0 Å². The van der Waals surface area contributed by atoms with Gasteiger partial charge in [0.2, 0.25) is 0 Å². The van der Waals surface area contributed by atoms with E-state index in [0.29, 0.717) is 23.0 Å². The molecule has 0 amide bonds. The Morgan fingerprint density at radius 3 is 2.57 bits per heavy atom. The lowest BCUT2D eigenvalue weighted by Crippen LogP contribution is -1.99. The second-order valence-electron chi connectivity index (χ2n) is 5.06. The molecule has 2 aliphatic rings. The molecule has 1 N–H and O–H groups in total. The molecule has 0 saturated heterocycles. The van der Waals surface area contributed by atoms with E-state index >= 15 is 0 Å². The predicted molar refractivity (Wildman–Crippen MR) is 98.4 cm³/mol. The van der Waals surface area contributed by atoms with Gasteiger partial charge in [0.05, 0.1) is 11.3 Å². The first-order chi connectivity index (χ1) is 11.1. The maximum absolute atomic E-state index is 10.0. The summed E-state index contributed by atoms with van der Waals surface area (Å²) in [7, 11) is 0. The summed E-state index contributed by atoms with van der Waals surface area (Å²) in [5, 5.41) is 10.5. The van der Waals surface area contributed by atoms with Crippen LogP contribution in [0.15, 0.2) is 69.3 Å². The fourth-order valence-electron chi connectivity index (χ4n) is 2.36. The number of allylic oxidation sites excluding steroid dienone is 5. The lowest BCUT2D eigenvalue weighted by Gasteiger charge is -2.05. The zero-order valence-corrected chi connectivity index (χ0v) is 14.4. The molecule has 4 heteroatoms. The molecule has 0 bridgehead atoms. The summed E-state index contributed by atoms with van der Waals surface area (Å²) in [6, 6.07) is 7.02. The minimum absolute atomic E-state index is 0.151. The van der Waals surface area contributed by atoms with E-state index in [0.717, 1.165) is 23.3 Å². The number of hydrogen-bond acceptors (Lipinski definition) is 3. The maximum Gasteiger partial charge on any atom is 0.164 e. The molecule has 1 aromatic carbocycles. The molecule has 0 spiro atoms. The molecule has 1 heterocycles. The molecule has 0 saturated carbocycles. The summed E-state index contributed by atoms with van der Waals surface area (Å²) in [6.45, 7) is 6.05. The first-order valence-electron chi connectivity index (χ1n) is 7.81. The van der Waals surface area contributed by atoms with Gasteiger partial charge >= 0.3 is 0 Å². The maximum atomic E-state index is 10.0. The summed E-state index contributed by atoms with van der Waals surface area (Å²) in [5.74, 6) is 0.598. The number of benzene rings is 1. The van der Waals surface area contributed by atoms with Gasteiger partial charge in [-0.3, -0.25) is 0 Å². The van der Waals surface area contributed by atoms with Gasteiger partial charge < -0.3 is 5.11 Å². The Balaban J connectivity index is 0.000000924. The molecule has 0 radical (unpaired) electrons. The van der Waals surface area contributed by atoms with Crippen LogP contribution in [0.4, 0.5) is 0 Å². The molecule has 0 aromatic heterocycles. The molecule has 0 unspecified atom stereocenters. The quantitative estimate of drug-likeness (QED) is 0.740.